The highest BCUT2D eigenvalue weighted by Crippen LogP contribution is 2.36. The number of imide groups is 1. The first-order valence-corrected chi connectivity index (χ1v) is 11.8. The lowest BCUT2D eigenvalue weighted by atomic mass is 10.1. The molecule has 0 saturated carbocycles. The maximum Gasteiger partial charge on any atom is 0.373 e. The average molecular weight is 590 g/mol. The molecule has 0 bridgehead atoms. The number of rotatable bonds is 8. The van der Waals surface area contributed by atoms with Crippen molar-refractivity contribution in [2.75, 3.05) is 7.11 Å². The van der Waals surface area contributed by atoms with E-state index in [1.807, 2.05) is 0 Å². The summed E-state index contributed by atoms with van der Waals surface area (Å²) in [5, 5.41) is 11.9. The molecular weight excluding hydrogens is 572 g/mol. The number of hydrogen-bond acceptors (Lipinski definition) is 7. The van der Waals surface area contributed by atoms with Crippen LogP contribution in [0.2, 0.25) is 5.02 Å². The molecule has 2 N–H and O–H groups in total. The van der Waals surface area contributed by atoms with Gasteiger partial charge in [-0.3, -0.25) is 9.69 Å². The summed E-state index contributed by atoms with van der Waals surface area (Å²) in [7, 11) is 1.21. The standard InChI is InChI=1S/C25H18BrClN2O8/c1-35-24(33)20-6-5-16(37-20)11-29-22(30)19(28-25(29)34)10-14-8-17(26)21(18(27)9-14)36-12-13-3-2-4-15(7-13)23(31)32/h2-10H,11-12H2,1H3,(H,28,34)(H,31,32)/b19-10-. The Bertz CT molecular complexity index is 1420. The summed E-state index contributed by atoms with van der Waals surface area (Å²) < 4.78 is 16.2. The molecule has 3 amide bonds. The zero-order valence-corrected chi connectivity index (χ0v) is 21.5. The van der Waals surface area contributed by atoms with E-state index >= 15 is 0 Å². The number of amides is 3. The first-order chi connectivity index (χ1) is 17.7. The van der Waals surface area contributed by atoms with Crippen molar-refractivity contribution in [1.29, 1.82) is 0 Å². The van der Waals surface area contributed by atoms with Crippen molar-refractivity contribution in [2.24, 2.45) is 0 Å². The summed E-state index contributed by atoms with van der Waals surface area (Å²) in [6, 6.07) is 11.8. The lowest BCUT2D eigenvalue weighted by Crippen LogP contribution is -2.30. The minimum Gasteiger partial charge on any atom is -0.486 e. The fraction of sp³-hybridized carbons (Fsp3) is 0.120. The summed E-state index contributed by atoms with van der Waals surface area (Å²) >= 11 is 9.79. The number of esters is 1. The number of carboxylic acid groups (broad SMARTS) is 1. The molecule has 1 fully saturated rings. The Labute approximate surface area is 223 Å². The zero-order chi connectivity index (χ0) is 26.7. The molecule has 1 aliphatic heterocycles. The molecule has 1 aromatic heterocycles. The van der Waals surface area contributed by atoms with Crippen LogP contribution in [0.25, 0.3) is 6.08 Å². The Morgan fingerprint density at radius 1 is 1.19 bits per heavy atom. The number of nitrogens with one attached hydrogen (secondary N) is 1. The van der Waals surface area contributed by atoms with Crippen molar-refractivity contribution in [1.82, 2.24) is 10.2 Å². The van der Waals surface area contributed by atoms with Crippen LogP contribution in [-0.4, -0.2) is 41.0 Å². The predicted molar refractivity (Wildman–Crippen MR) is 134 cm³/mol. The third kappa shape index (κ3) is 5.84. The van der Waals surface area contributed by atoms with Crippen molar-refractivity contribution in [3.63, 3.8) is 0 Å². The van der Waals surface area contributed by atoms with E-state index in [2.05, 4.69) is 26.0 Å². The molecule has 3 aromatic rings. The number of ether oxygens (including phenoxy) is 2. The van der Waals surface area contributed by atoms with E-state index < -0.39 is 23.9 Å². The maximum atomic E-state index is 12.8. The summed E-state index contributed by atoms with van der Waals surface area (Å²) in [5.74, 6) is -1.80. The van der Waals surface area contributed by atoms with Gasteiger partial charge in [-0.2, -0.15) is 0 Å². The lowest BCUT2D eigenvalue weighted by Gasteiger charge is -2.12. The minimum absolute atomic E-state index is 0.0202. The topological polar surface area (TPSA) is 135 Å². The van der Waals surface area contributed by atoms with Crippen LogP contribution in [0.4, 0.5) is 4.79 Å². The number of benzene rings is 2. The van der Waals surface area contributed by atoms with Gasteiger partial charge in [0.15, 0.2) is 5.75 Å². The van der Waals surface area contributed by atoms with Gasteiger partial charge in [0.1, 0.15) is 18.1 Å². The number of halogens is 2. The quantitative estimate of drug-likeness (QED) is 0.216. The van der Waals surface area contributed by atoms with Gasteiger partial charge in [-0.1, -0.05) is 23.7 Å². The van der Waals surface area contributed by atoms with Crippen molar-refractivity contribution in [3.8, 4) is 5.75 Å². The molecule has 2 heterocycles. The fourth-order valence-corrected chi connectivity index (χ4v) is 4.45. The highest BCUT2D eigenvalue weighted by Gasteiger charge is 2.34. The number of furan rings is 1. The van der Waals surface area contributed by atoms with E-state index in [9.17, 15) is 19.2 Å². The molecule has 0 spiro atoms. The van der Waals surface area contributed by atoms with E-state index in [4.69, 9.17) is 25.9 Å². The van der Waals surface area contributed by atoms with Gasteiger partial charge in [-0.05, 0) is 69.5 Å². The second kappa shape index (κ2) is 10.9. The highest BCUT2D eigenvalue weighted by molar-refractivity contribution is 9.10. The smallest absolute Gasteiger partial charge is 0.373 e. The zero-order valence-electron chi connectivity index (χ0n) is 19.1. The van der Waals surface area contributed by atoms with Crippen LogP contribution >= 0.6 is 27.5 Å². The minimum atomic E-state index is -1.04. The van der Waals surface area contributed by atoms with E-state index in [-0.39, 0.29) is 41.0 Å². The number of carbonyl (C=O) groups is 4. The van der Waals surface area contributed by atoms with E-state index in [1.54, 1.807) is 24.3 Å². The molecule has 0 aliphatic carbocycles. The Hall–Kier alpha value is -4.09. The largest absolute Gasteiger partial charge is 0.486 e. The number of urea groups is 1. The SMILES string of the molecule is COC(=O)c1ccc(CN2C(=O)N/C(=C\c3cc(Cl)c(OCc4cccc(C(=O)O)c4)c(Br)c3)C2=O)o1. The molecule has 0 atom stereocenters. The highest BCUT2D eigenvalue weighted by atomic mass is 79.9. The monoisotopic (exact) mass is 588 g/mol. The number of methoxy groups -OCH3 is 1. The second-order valence-corrected chi connectivity index (χ2v) is 9.01. The van der Waals surface area contributed by atoms with Crippen LogP contribution in [0.1, 0.15) is 37.8 Å². The van der Waals surface area contributed by atoms with Gasteiger partial charge in [0, 0.05) is 0 Å². The van der Waals surface area contributed by atoms with Crippen molar-refractivity contribution < 1.29 is 38.2 Å². The van der Waals surface area contributed by atoms with Crippen LogP contribution in [-0.2, 0) is 22.7 Å². The molecule has 2 aromatic carbocycles. The van der Waals surface area contributed by atoms with Crippen LogP contribution in [0.3, 0.4) is 0 Å². The van der Waals surface area contributed by atoms with Gasteiger partial charge in [0.25, 0.3) is 5.91 Å². The number of nitrogens with zero attached hydrogens (tertiary/aromatic N) is 1. The van der Waals surface area contributed by atoms with Crippen LogP contribution < -0.4 is 10.1 Å². The third-order valence-corrected chi connectivity index (χ3v) is 6.08. The van der Waals surface area contributed by atoms with Crippen LogP contribution in [0, 0.1) is 0 Å². The van der Waals surface area contributed by atoms with Gasteiger partial charge in [0.2, 0.25) is 5.76 Å². The maximum absolute atomic E-state index is 12.8. The molecule has 0 radical (unpaired) electrons. The summed E-state index contributed by atoms with van der Waals surface area (Å²) in [6.45, 7) is -0.104. The summed E-state index contributed by atoms with van der Waals surface area (Å²) in [4.78, 5) is 48.9. The number of aromatic carboxylic acids is 1. The van der Waals surface area contributed by atoms with Crippen molar-refractivity contribution in [2.45, 2.75) is 13.2 Å². The summed E-state index contributed by atoms with van der Waals surface area (Å²) in [5.41, 5.74) is 1.31. The van der Waals surface area contributed by atoms with Crippen LogP contribution in [0.15, 0.2) is 63.1 Å². The first kappa shape index (κ1) is 26.0. The molecule has 1 aliphatic rings. The molecular formula is C25H18BrClN2O8. The van der Waals surface area contributed by atoms with Gasteiger partial charge < -0.3 is 24.3 Å². The van der Waals surface area contributed by atoms with E-state index in [0.717, 1.165) is 4.90 Å². The molecule has 37 heavy (non-hydrogen) atoms. The lowest BCUT2D eigenvalue weighted by molar-refractivity contribution is -0.123. The van der Waals surface area contributed by atoms with Gasteiger partial charge in [-0.25, -0.2) is 14.4 Å². The van der Waals surface area contributed by atoms with Crippen LogP contribution in [0.5, 0.6) is 5.75 Å². The average Bonchev–Trinajstić information content (AvgIpc) is 3.43. The Morgan fingerprint density at radius 3 is 2.68 bits per heavy atom. The molecule has 1 saturated heterocycles. The Morgan fingerprint density at radius 2 is 1.97 bits per heavy atom. The molecule has 12 heteroatoms. The van der Waals surface area contributed by atoms with E-state index in [0.29, 0.717) is 21.3 Å². The molecule has 4 rings (SSSR count). The van der Waals surface area contributed by atoms with E-state index in [1.165, 1.54) is 37.5 Å². The van der Waals surface area contributed by atoms with Gasteiger partial charge in [-0.15, -0.1) is 0 Å². The Balaban J connectivity index is 1.47. The van der Waals surface area contributed by atoms with Gasteiger partial charge in [0.05, 0.1) is 28.7 Å². The fourth-order valence-electron chi connectivity index (χ4n) is 3.46. The normalized spacial score (nSPS) is 14.1. The number of carboxylic acids is 1. The molecule has 190 valence electrons. The van der Waals surface area contributed by atoms with Gasteiger partial charge >= 0.3 is 18.0 Å². The van der Waals surface area contributed by atoms with Crippen molar-refractivity contribution in [3.05, 3.63) is 91.9 Å². The number of hydrogen-bond donors (Lipinski definition) is 2. The molecule has 10 nitrogen and oxygen atoms in total. The third-order valence-electron chi connectivity index (χ3n) is 5.21. The first-order valence-electron chi connectivity index (χ1n) is 10.6. The molecule has 0 unspecified atom stereocenters. The second-order valence-electron chi connectivity index (χ2n) is 7.74. The number of carbonyl (C=O) groups excluding carboxylic acids is 3. The summed E-state index contributed by atoms with van der Waals surface area (Å²) in [6.07, 6.45) is 1.46. The van der Waals surface area contributed by atoms with Crippen molar-refractivity contribution >= 4 is 57.5 Å². The predicted octanol–water partition coefficient (Wildman–Crippen LogP) is 4.85. The Kier molecular flexibility index (Phi) is 7.65.